The fraction of sp³-hybridized carbons (Fsp3) is 0.0952. The molecule has 0 radical (unpaired) electrons. The molecule has 0 bridgehead atoms. The summed E-state index contributed by atoms with van der Waals surface area (Å²) in [6, 6.07) is 14.4. The summed E-state index contributed by atoms with van der Waals surface area (Å²) in [5.74, 6) is 0.106. The van der Waals surface area contributed by atoms with Crippen molar-refractivity contribution in [3.05, 3.63) is 82.3 Å². The average molecular weight is 359 g/mol. The van der Waals surface area contributed by atoms with Gasteiger partial charge in [-0.1, -0.05) is 36.4 Å². The first kappa shape index (κ1) is 16.8. The first-order chi connectivity index (χ1) is 13.0. The van der Waals surface area contributed by atoms with Gasteiger partial charge >= 0.3 is 0 Å². The number of para-hydroxylation sites is 1. The van der Waals surface area contributed by atoms with E-state index in [1.54, 1.807) is 49.2 Å². The number of aromatic nitrogens is 2. The lowest BCUT2D eigenvalue weighted by Crippen LogP contribution is -2.14. The smallest absolute Gasteiger partial charge is 0.259 e. The van der Waals surface area contributed by atoms with Crippen LogP contribution in [-0.2, 0) is 7.05 Å². The van der Waals surface area contributed by atoms with Crippen LogP contribution in [0.5, 0.6) is 0 Å². The first-order valence-electron chi connectivity index (χ1n) is 8.46. The zero-order chi connectivity index (χ0) is 19.0. The highest BCUT2D eigenvalue weighted by atomic mass is 16.3. The Morgan fingerprint density at radius 2 is 1.89 bits per heavy atom. The van der Waals surface area contributed by atoms with E-state index < -0.39 is 0 Å². The highest BCUT2D eigenvalue weighted by molar-refractivity contribution is 6.11. The van der Waals surface area contributed by atoms with Gasteiger partial charge in [-0.15, -0.1) is 0 Å². The van der Waals surface area contributed by atoms with E-state index in [-0.39, 0.29) is 16.9 Å². The van der Waals surface area contributed by atoms with E-state index in [4.69, 9.17) is 4.42 Å². The Balaban J connectivity index is 1.88. The summed E-state index contributed by atoms with van der Waals surface area (Å²) in [6.45, 7) is 1.73. The van der Waals surface area contributed by atoms with Gasteiger partial charge in [0.1, 0.15) is 5.76 Å². The molecule has 134 valence electrons. The SMILES string of the molecule is Cc1c(-c2ccccc2)oc2c(C(=O)Nc3cnn(C)c3)cccc2c1=O. The summed E-state index contributed by atoms with van der Waals surface area (Å²) < 4.78 is 7.67. The molecule has 1 amide bonds. The molecule has 0 fully saturated rings. The molecular weight excluding hydrogens is 342 g/mol. The highest BCUT2D eigenvalue weighted by Crippen LogP contribution is 2.27. The normalized spacial score (nSPS) is 10.9. The molecule has 1 N–H and O–H groups in total. The third-order valence-electron chi connectivity index (χ3n) is 4.39. The summed E-state index contributed by atoms with van der Waals surface area (Å²) in [4.78, 5) is 25.6. The van der Waals surface area contributed by atoms with E-state index >= 15 is 0 Å². The second kappa shape index (κ2) is 6.57. The van der Waals surface area contributed by atoms with Crippen molar-refractivity contribution in [1.82, 2.24) is 9.78 Å². The predicted molar refractivity (Wildman–Crippen MR) is 104 cm³/mol. The lowest BCUT2D eigenvalue weighted by molar-refractivity contribution is 0.102. The van der Waals surface area contributed by atoms with Gasteiger partial charge < -0.3 is 9.73 Å². The molecule has 0 unspecified atom stereocenters. The molecule has 4 aromatic rings. The Hall–Kier alpha value is -3.67. The van der Waals surface area contributed by atoms with Crippen LogP contribution < -0.4 is 10.7 Å². The summed E-state index contributed by atoms with van der Waals surface area (Å²) in [5, 5.41) is 7.19. The van der Waals surface area contributed by atoms with E-state index in [2.05, 4.69) is 10.4 Å². The van der Waals surface area contributed by atoms with Gasteiger partial charge in [0.25, 0.3) is 5.91 Å². The summed E-state index contributed by atoms with van der Waals surface area (Å²) in [6.07, 6.45) is 3.25. The summed E-state index contributed by atoms with van der Waals surface area (Å²) >= 11 is 0. The van der Waals surface area contributed by atoms with Crippen molar-refractivity contribution in [1.29, 1.82) is 0 Å². The number of nitrogens with zero attached hydrogens (tertiary/aromatic N) is 2. The molecule has 0 aliphatic heterocycles. The third-order valence-corrected chi connectivity index (χ3v) is 4.39. The zero-order valence-electron chi connectivity index (χ0n) is 14.9. The lowest BCUT2D eigenvalue weighted by atomic mass is 10.0. The van der Waals surface area contributed by atoms with Crippen LogP contribution in [0.1, 0.15) is 15.9 Å². The van der Waals surface area contributed by atoms with Crippen molar-refractivity contribution in [2.45, 2.75) is 6.92 Å². The van der Waals surface area contributed by atoms with Crippen LogP contribution in [0, 0.1) is 6.92 Å². The number of benzene rings is 2. The molecule has 2 aromatic heterocycles. The Kier molecular flexibility index (Phi) is 4.08. The molecule has 0 saturated heterocycles. The largest absolute Gasteiger partial charge is 0.455 e. The maximum Gasteiger partial charge on any atom is 0.259 e. The second-order valence-electron chi connectivity index (χ2n) is 6.29. The predicted octanol–water partition coefficient (Wildman–Crippen LogP) is 3.75. The fourth-order valence-corrected chi connectivity index (χ4v) is 3.04. The van der Waals surface area contributed by atoms with Gasteiger partial charge in [0.05, 0.1) is 22.8 Å². The van der Waals surface area contributed by atoms with Gasteiger partial charge in [0.2, 0.25) is 0 Å². The van der Waals surface area contributed by atoms with E-state index in [0.717, 1.165) is 5.56 Å². The van der Waals surface area contributed by atoms with Gasteiger partial charge in [-0.2, -0.15) is 5.10 Å². The van der Waals surface area contributed by atoms with Crippen molar-refractivity contribution in [2.24, 2.45) is 7.05 Å². The van der Waals surface area contributed by atoms with Crippen LogP contribution in [0.2, 0.25) is 0 Å². The highest BCUT2D eigenvalue weighted by Gasteiger charge is 2.18. The van der Waals surface area contributed by atoms with E-state index in [1.165, 1.54) is 0 Å². The molecule has 6 nitrogen and oxygen atoms in total. The van der Waals surface area contributed by atoms with Gasteiger partial charge in [0.15, 0.2) is 11.0 Å². The van der Waals surface area contributed by atoms with Crippen LogP contribution in [-0.4, -0.2) is 15.7 Å². The molecule has 0 saturated carbocycles. The number of nitrogens with one attached hydrogen (secondary N) is 1. The summed E-state index contributed by atoms with van der Waals surface area (Å²) in [5.41, 5.74) is 2.29. The first-order valence-corrected chi connectivity index (χ1v) is 8.46. The monoisotopic (exact) mass is 359 g/mol. The molecule has 27 heavy (non-hydrogen) atoms. The maximum absolute atomic E-state index is 12.9. The quantitative estimate of drug-likeness (QED) is 0.604. The summed E-state index contributed by atoms with van der Waals surface area (Å²) in [7, 11) is 1.77. The number of amides is 1. The van der Waals surface area contributed by atoms with Crippen molar-refractivity contribution in [3.63, 3.8) is 0 Å². The molecule has 0 spiro atoms. The number of aryl methyl sites for hydroxylation is 1. The Labute approximate surface area is 155 Å². The van der Waals surface area contributed by atoms with Crippen LogP contribution in [0.3, 0.4) is 0 Å². The lowest BCUT2D eigenvalue weighted by Gasteiger charge is -2.10. The third kappa shape index (κ3) is 3.01. The molecule has 0 aliphatic rings. The van der Waals surface area contributed by atoms with Crippen molar-refractivity contribution in [3.8, 4) is 11.3 Å². The van der Waals surface area contributed by atoms with Gasteiger partial charge in [-0.25, -0.2) is 0 Å². The Morgan fingerprint density at radius 3 is 2.59 bits per heavy atom. The topological polar surface area (TPSA) is 77.1 Å². The zero-order valence-corrected chi connectivity index (χ0v) is 14.9. The minimum atomic E-state index is -0.361. The fourth-order valence-electron chi connectivity index (χ4n) is 3.04. The molecule has 6 heteroatoms. The molecule has 0 aliphatic carbocycles. The van der Waals surface area contributed by atoms with Gasteiger partial charge in [0, 0.05) is 24.4 Å². The van der Waals surface area contributed by atoms with E-state index in [9.17, 15) is 9.59 Å². The van der Waals surface area contributed by atoms with E-state index in [1.807, 2.05) is 30.3 Å². The van der Waals surface area contributed by atoms with Crippen LogP contribution in [0.15, 0.2) is 70.1 Å². The van der Waals surface area contributed by atoms with Crippen molar-refractivity contribution >= 4 is 22.6 Å². The molecule has 2 heterocycles. The van der Waals surface area contributed by atoms with Crippen LogP contribution >= 0.6 is 0 Å². The van der Waals surface area contributed by atoms with Crippen molar-refractivity contribution < 1.29 is 9.21 Å². The van der Waals surface area contributed by atoms with Crippen LogP contribution in [0.4, 0.5) is 5.69 Å². The number of fused-ring (bicyclic) bond motifs is 1. The molecular formula is C21H17N3O3. The Bertz CT molecular complexity index is 1210. The Morgan fingerprint density at radius 1 is 1.11 bits per heavy atom. The van der Waals surface area contributed by atoms with Crippen LogP contribution in [0.25, 0.3) is 22.3 Å². The van der Waals surface area contributed by atoms with Gasteiger partial charge in [-0.05, 0) is 19.1 Å². The second-order valence-corrected chi connectivity index (χ2v) is 6.29. The number of carbonyl (C=O) groups is 1. The average Bonchev–Trinajstić information content (AvgIpc) is 3.09. The standard InChI is InChI=1S/C21H17N3O3/c1-13-18(25)16-9-6-10-17(21(26)23-15-11-22-24(2)12-15)20(16)27-19(13)14-7-4-3-5-8-14/h3-12H,1-2H3,(H,23,26). The number of hydrogen-bond donors (Lipinski definition) is 1. The molecule has 0 atom stereocenters. The number of hydrogen-bond acceptors (Lipinski definition) is 4. The minimum absolute atomic E-state index is 0.147. The number of carbonyl (C=O) groups excluding carboxylic acids is 1. The maximum atomic E-state index is 12.9. The van der Waals surface area contributed by atoms with E-state index in [0.29, 0.717) is 28.0 Å². The molecule has 2 aromatic carbocycles. The van der Waals surface area contributed by atoms with Gasteiger partial charge in [-0.3, -0.25) is 14.3 Å². The number of rotatable bonds is 3. The van der Waals surface area contributed by atoms with Crippen molar-refractivity contribution in [2.75, 3.05) is 5.32 Å². The minimum Gasteiger partial charge on any atom is -0.455 e. The molecule has 4 rings (SSSR count). The number of anilines is 1.